The Bertz CT molecular complexity index is 1620. The molecule has 0 aromatic heterocycles. The van der Waals surface area contributed by atoms with E-state index in [0.29, 0.717) is 23.0 Å². The lowest BCUT2D eigenvalue weighted by Gasteiger charge is -2.12. The number of methoxy groups -OCH3 is 4. The van der Waals surface area contributed by atoms with Gasteiger partial charge in [0.2, 0.25) is 5.91 Å². The number of nitrogen functional groups attached to an aromatic ring is 1. The van der Waals surface area contributed by atoms with Crippen LogP contribution in [-0.2, 0) is 23.7 Å². The Morgan fingerprint density at radius 2 is 0.878 bits per heavy atom. The van der Waals surface area contributed by atoms with Crippen LogP contribution in [0.15, 0.2) is 84.9 Å². The van der Waals surface area contributed by atoms with Crippen molar-refractivity contribution >= 4 is 41.6 Å². The second-order valence-electron chi connectivity index (χ2n) is 10.3. The van der Waals surface area contributed by atoms with Crippen molar-refractivity contribution in [1.82, 2.24) is 0 Å². The number of rotatable bonds is 17. The normalized spacial score (nSPS) is 10.8. The SMILES string of the molecule is COCOc1ccc(C=Cc2ccc(N)cc2)cc1OCOC.COCOc1ccc(C=Cc2ccc(NC(C)=O)cc2)cc1OCOC. The highest BCUT2D eigenvalue weighted by atomic mass is 16.7. The molecule has 0 bridgehead atoms. The minimum atomic E-state index is -0.0901. The molecular formula is C38H44N2O9. The number of hydrogen-bond donors (Lipinski definition) is 2. The molecule has 0 aliphatic carbocycles. The van der Waals surface area contributed by atoms with Crippen LogP contribution in [0.3, 0.4) is 0 Å². The number of hydrogen-bond acceptors (Lipinski definition) is 10. The Kier molecular flexibility index (Phi) is 16.7. The lowest BCUT2D eigenvalue weighted by Crippen LogP contribution is -2.05. The molecule has 4 aromatic carbocycles. The predicted molar refractivity (Wildman–Crippen MR) is 192 cm³/mol. The van der Waals surface area contributed by atoms with Crippen LogP contribution in [0.4, 0.5) is 11.4 Å². The minimum absolute atomic E-state index is 0.0901. The highest BCUT2D eigenvalue weighted by Crippen LogP contribution is 2.30. The molecule has 11 heteroatoms. The zero-order valence-corrected chi connectivity index (χ0v) is 28.5. The number of anilines is 2. The minimum Gasteiger partial charge on any atom is -0.464 e. The summed E-state index contributed by atoms with van der Waals surface area (Å²) in [7, 11) is 6.26. The molecule has 0 radical (unpaired) electrons. The Morgan fingerprint density at radius 1 is 0.531 bits per heavy atom. The van der Waals surface area contributed by atoms with Gasteiger partial charge in [0.15, 0.2) is 50.2 Å². The molecule has 3 N–H and O–H groups in total. The van der Waals surface area contributed by atoms with Crippen molar-refractivity contribution in [2.75, 3.05) is 66.7 Å². The van der Waals surface area contributed by atoms with Gasteiger partial charge in [0.25, 0.3) is 0 Å². The van der Waals surface area contributed by atoms with E-state index in [1.165, 1.54) is 6.92 Å². The van der Waals surface area contributed by atoms with E-state index in [1.807, 2.05) is 109 Å². The van der Waals surface area contributed by atoms with E-state index in [-0.39, 0.29) is 33.1 Å². The highest BCUT2D eigenvalue weighted by molar-refractivity contribution is 5.88. The number of carbonyl (C=O) groups excluding carboxylic acids is 1. The van der Waals surface area contributed by atoms with Crippen LogP contribution in [0.25, 0.3) is 24.3 Å². The molecular weight excluding hydrogens is 628 g/mol. The van der Waals surface area contributed by atoms with Crippen LogP contribution in [0, 0.1) is 0 Å². The van der Waals surface area contributed by atoms with Crippen molar-refractivity contribution in [1.29, 1.82) is 0 Å². The molecule has 0 fully saturated rings. The van der Waals surface area contributed by atoms with Gasteiger partial charge in [-0.2, -0.15) is 0 Å². The summed E-state index contributed by atoms with van der Waals surface area (Å²) < 4.78 is 41.8. The van der Waals surface area contributed by atoms with Crippen LogP contribution in [-0.4, -0.2) is 61.5 Å². The summed E-state index contributed by atoms with van der Waals surface area (Å²) in [5, 5.41) is 2.74. The van der Waals surface area contributed by atoms with Gasteiger partial charge in [0, 0.05) is 46.7 Å². The zero-order chi connectivity index (χ0) is 35.3. The van der Waals surface area contributed by atoms with Crippen LogP contribution < -0.4 is 30.0 Å². The van der Waals surface area contributed by atoms with E-state index in [9.17, 15) is 4.79 Å². The maximum atomic E-state index is 11.0. The standard InChI is InChI=1S/C20H23NO5.C18H21NO4/c1-15(22)21-18-9-6-16(7-10-18)4-5-17-8-11-19(25-13-23-2)20(12-17)26-14-24-3;1-20-12-22-17-10-7-15(11-18(17)23-13-21-2)4-3-14-5-8-16(19)9-6-14/h4-12H,13-14H2,1-3H3,(H,21,22);3-11H,12-13,19H2,1-2H3. The molecule has 260 valence electrons. The van der Waals surface area contributed by atoms with E-state index in [2.05, 4.69) is 5.32 Å². The molecule has 0 atom stereocenters. The molecule has 0 unspecified atom stereocenters. The molecule has 0 aliphatic heterocycles. The van der Waals surface area contributed by atoms with Gasteiger partial charge in [-0.3, -0.25) is 4.79 Å². The zero-order valence-electron chi connectivity index (χ0n) is 28.5. The molecule has 4 rings (SSSR count). The summed E-state index contributed by atoms with van der Waals surface area (Å²) in [6.45, 7) is 2.05. The van der Waals surface area contributed by atoms with Gasteiger partial charge < -0.3 is 48.9 Å². The largest absolute Gasteiger partial charge is 0.464 e. The first-order valence-corrected chi connectivity index (χ1v) is 15.2. The molecule has 0 saturated heterocycles. The van der Waals surface area contributed by atoms with Crippen LogP contribution in [0.5, 0.6) is 23.0 Å². The molecule has 1 amide bonds. The summed E-state index contributed by atoms with van der Waals surface area (Å²) in [4.78, 5) is 11.0. The Balaban J connectivity index is 0.000000267. The first kappa shape index (κ1) is 38.1. The summed E-state index contributed by atoms with van der Waals surface area (Å²) in [5.74, 6) is 2.28. The first-order valence-electron chi connectivity index (χ1n) is 15.2. The van der Waals surface area contributed by atoms with Crippen molar-refractivity contribution in [3.63, 3.8) is 0 Å². The molecule has 0 aliphatic rings. The van der Waals surface area contributed by atoms with Crippen LogP contribution in [0.1, 0.15) is 29.2 Å². The summed E-state index contributed by atoms with van der Waals surface area (Å²) in [5.41, 5.74) is 11.2. The van der Waals surface area contributed by atoms with Crippen molar-refractivity contribution in [3.05, 3.63) is 107 Å². The van der Waals surface area contributed by atoms with E-state index in [1.54, 1.807) is 28.4 Å². The number of amides is 1. The average molecular weight is 673 g/mol. The third-order valence-electron chi connectivity index (χ3n) is 6.37. The predicted octanol–water partition coefficient (Wildman–Crippen LogP) is 7.19. The smallest absolute Gasteiger partial charge is 0.221 e. The van der Waals surface area contributed by atoms with Gasteiger partial charge in [-0.05, 0) is 70.8 Å². The van der Waals surface area contributed by atoms with Gasteiger partial charge in [0.1, 0.15) is 0 Å². The highest BCUT2D eigenvalue weighted by Gasteiger charge is 2.07. The number of carbonyl (C=O) groups is 1. The van der Waals surface area contributed by atoms with Crippen molar-refractivity contribution in [2.45, 2.75) is 6.92 Å². The fraction of sp³-hybridized carbons (Fsp3) is 0.237. The van der Waals surface area contributed by atoms with Crippen LogP contribution in [0.2, 0.25) is 0 Å². The number of nitrogens with one attached hydrogen (secondary N) is 1. The van der Waals surface area contributed by atoms with Gasteiger partial charge in [-0.15, -0.1) is 0 Å². The van der Waals surface area contributed by atoms with Crippen molar-refractivity contribution < 1.29 is 42.7 Å². The Labute approximate surface area is 287 Å². The second kappa shape index (κ2) is 21.5. The lowest BCUT2D eigenvalue weighted by molar-refractivity contribution is -0.114. The van der Waals surface area contributed by atoms with Crippen molar-refractivity contribution in [3.8, 4) is 23.0 Å². The number of ether oxygens (including phenoxy) is 8. The van der Waals surface area contributed by atoms with Gasteiger partial charge >= 0.3 is 0 Å². The Morgan fingerprint density at radius 3 is 1.27 bits per heavy atom. The maximum Gasteiger partial charge on any atom is 0.221 e. The monoisotopic (exact) mass is 672 g/mol. The molecule has 0 saturated carbocycles. The van der Waals surface area contributed by atoms with Crippen LogP contribution >= 0.6 is 0 Å². The van der Waals surface area contributed by atoms with E-state index in [0.717, 1.165) is 33.6 Å². The average Bonchev–Trinajstić information content (AvgIpc) is 3.11. The van der Waals surface area contributed by atoms with Gasteiger partial charge in [-0.1, -0.05) is 60.7 Å². The molecule has 0 spiro atoms. The molecule has 11 nitrogen and oxygen atoms in total. The summed E-state index contributed by atoms with van der Waals surface area (Å²) in [6, 6.07) is 26.5. The maximum absolute atomic E-state index is 11.0. The summed E-state index contributed by atoms with van der Waals surface area (Å²) >= 11 is 0. The van der Waals surface area contributed by atoms with E-state index >= 15 is 0 Å². The van der Waals surface area contributed by atoms with E-state index < -0.39 is 0 Å². The third-order valence-corrected chi connectivity index (χ3v) is 6.37. The van der Waals surface area contributed by atoms with Crippen molar-refractivity contribution in [2.24, 2.45) is 0 Å². The van der Waals surface area contributed by atoms with E-state index in [4.69, 9.17) is 43.6 Å². The second-order valence-corrected chi connectivity index (χ2v) is 10.3. The molecule has 0 heterocycles. The lowest BCUT2D eigenvalue weighted by atomic mass is 10.1. The number of benzene rings is 4. The fourth-order valence-corrected chi connectivity index (χ4v) is 4.08. The quantitative estimate of drug-likeness (QED) is 0.0676. The topological polar surface area (TPSA) is 129 Å². The number of nitrogens with two attached hydrogens (primary N) is 1. The molecule has 49 heavy (non-hydrogen) atoms. The summed E-state index contributed by atoms with van der Waals surface area (Å²) in [6.07, 6.45) is 7.94. The third kappa shape index (κ3) is 14.1. The Hall–Kier alpha value is -5.33. The fourth-order valence-electron chi connectivity index (χ4n) is 4.08. The van der Waals surface area contributed by atoms with Gasteiger partial charge in [-0.25, -0.2) is 0 Å². The van der Waals surface area contributed by atoms with Gasteiger partial charge in [0.05, 0.1) is 0 Å². The molecule has 4 aromatic rings. The first-order chi connectivity index (χ1) is 23.8.